The van der Waals surface area contributed by atoms with Gasteiger partial charge >= 0.3 is 5.69 Å². The van der Waals surface area contributed by atoms with Gasteiger partial charge in [-0.05, 0) is 25.5 Å². The third-order valence-electron chi connectivity index (χ3n) is 2.29. The fourth-order valence-electron chi connectivity index (χ4n) is 1.43. The number of benzene rings is 1. The van der Waals surface area contributed by atoms with E-state index in [4.69, 9.17) is 11.2 Å². The third-order valence-corrected chi connectivity index (χ3v) is 2.29. The molecule has 0 radical (unpaired) electrons. The molecule has 0 saturated heterocycles. The summed E-state index contributed by atoms with van der Waals surface area (Å²) < 4.78 is 5.36. The summed E-state index contributed by atoms with van der Waals surface area (Å²) in [5.41, 5.74) is 0.372. The van der Waals surface area contributed by atoms with E-state index in [1.165, 1.54) is 0 Å². The maximum Gasteiger partial charge on any atom is 0.333 e. The summed E-state index contributed by atoms with van der Waals surface area (Å²) in [6, 6.07) is 4.90. The first kappa shape index (κ1) is 13.8. The number of nitrogens with zero attached hydrogens (tertiary/aromatic N) is 1. The first-order valence-corrected chi connectivity index (χ1v) is 5.74. The molecule has 0 spiro atoms. The van der Waals surface area contributed by atoms with E-state index < -0.39 is 11.0 Å². The highest BCUT2D eigenvalue weighted by Gasteiger charge is 2.21. The van der Waals surface area contributed by atoms with Crippen LogP contribution in [0.1, 0.15) is 20.3 Å². The van der Waals surface area contributed by atoms with Gasteiger partial charge in [0.1, 0.15) is 5.69 Å². The van der Waals surface area contributed by atoms with Crippen molar-refractivity contribution in [3.8, 4) is 18.1 Å². The van der Waals surface area contributed by atoms with Crippen LogP contribution in [0.3, 0.4) is 0 Å². The zero-order chi connectivity index (χ0) is 13.5. The molecule has 18 heavy (non-hydrogen) atoms. The highest BCUT2D eigenvalue weighted by Crippen LogP contribution is 2.35. The average Bonchev–Trinajstić information content (AvgIpc) is 2.35. The summed E-state index contributed by atoms with van der Waals surface area (Å²) in [6.45, 7) is 4.31. The van der Waals surface area contributed by atoms with Gasteiger partial charge in [0.05, 0.1) is 4.92 Å². The number of terminal acetylenes is 1. The lowest BCUT2D eigenvalue weighted by atomic mass is 10.2. The lowest BCUT2D eigenvalue weighted by molar-refractivity contribution is -0.385. The molecule has 0 saturated carbocycles. The number of hydrogen-bond donors (Lipinski definition) is 1. The molecule has 5 heteroatoms. The normalized spacial score (nSPS) is 11.4. The van der Waals surface area contributed by atoms with Crippen molar-refractivity contribution < 1.29 is 9.66 Å². The predicted molar refractivity (Wildman–Crippen MR) is 70.8 cm³/mol. The molecule has 0 heterocycles. The fourth-order valence-corrected chi connectivity index (χ4v) is 1.43. The molecule has 1 N–H and O–H groups in total. The Morgan fingerprint density at radius 3 is 2.89 bits per heavy atom. The molecule has 0 aromatic heterocycles. The van der Waals surface area contributed by atoms with Crippen LogP contribution < -0.4 is 10.1 Å². The van der Waals surface area contributed by atoms with Crippen LogP contribution in [-0.2, 0) is 0 Å². The lowest BCUT2D eigenvalue weighted by Gasteiger charge is -2.12. The van der Waals surface area contributed by atoms with E-state index in [1.54, 1.807) is 25.1 Å². The van der Waals surface area contributed by atoms with Crippen molar-refractivity contribution >= 4 is 11.4 Å². The minimum atomic E-state index is -0.509. The van der Waals surface area contributed by atoms with Gasteiger partial charge in [-0.2, -0.15) is 0 Å². The Kier molecular flexibility index (Phi) is 5.00. The van der Waals surface area contributed by atoms with E-state index >= 15 is 0 Å². The Hall–Kier alpha value is -2.22. The van der Waals surface area contributed by atoms with Gasteiger partial charge in [0.2, 0.25) is 5.75 Å². The van der Waals surface area contributed by atoms with Crippen LogP contribution in [0.25, 0.3) is 0 Å². The fraction of sp³-hybridized carbons (Fsp3) is 0.385. The topological polar surface area (TPSA) is 64.4 Å². The summed E-state index contributed by atoms with van der Waals surface area (Å²) in [7, 11) is 0. The minimum absolute atomic E-state index is 0.0759. The molecular formula is C13H16N2O3. The second-order valence-corrected chi connectivity index (χ2v) is 3.76. The zero-order valence-corrected chi connectivity index (χ0v) is 10.5. The smallest absolute Gasteiger partial charge is 0.333 e. The molecule has 0 aliphatic carbocycles. The highest BCUT2D eigenvalue weighted by molar-refractivity contribution is 5.68. The van der Waals surface area contributed by atoms with Crippen LogP contribution in [0.5, 0.6) is 5.75 Å². The Bertz CT molecular complexity index is 466. The SMILES string of the molecule is C#CC(C)Oc1cccc(NCCC)c1[N+](=O)[O-]. The van der Waals surface area contributed by atoms with E-state index in [0.717, 1.165) is 6.42 Å². The van der Waals surface area contributed by atoms with Crippen LogP contribution in [0.15, 0.2) is 18.2 Å². The number of hydrogen-bond acceptors (Lipinski definition) is 4. The van der Waals surface area contributed by atoms with Crippen molar-refractivity contribution in [2.45, 2.75) is 26.4 Å². The number of ether oxygens (including phenoxy) is 1. The number of nitro benzene ring substituents is 1. The highest BCUT2D eigenvalue weighted by atomic mass is 16.6. The summed E-state index contributed by atoms with van der Waals surface area (Å²) in [6.07, 6.45) is 5.57. The van der Waals surface area contributed by atoms with Crippen molar-refractivity contribution in [2.75, 3.05) is 11.9 Å². The van der Waals surface area contributed by atoms with E-state index in [9.17, 15) is 10.1 Å². The van der Waals surface area contributed by atoms with Gasteiger partial charge in [0, 0.05) is 6.54 Å². The Morgan fingerprint density at radius 2 is 2.33 bits per heavy atom. The number of rotatable bonds is 6. The van der Waals surface area contributed by atoms with Crippen LogP contribution >= 0.6 is 0 Å². The predicted octanol–water partition coefficient (Wildman–Crippen LogP) is 2.82. The molecule has 1 aromatic carbocycles. The van der Waals surface area contributed by atoms with Gasteiger partial charge in [-0.1, -0.05) is 18.9 Å². The number of anilines is 1. The van der Waals surface area contributed by atoms with Crippen LogP contribution in [-0.4, -0.2) is 17.6 Å². The Balaban J connectivity index is 3.10. The zero-order valence-electron chi connectivity index (χ0n) is 10.5. The van der Waals surface area contributed by atoms with E-state index in [2.05, 4.69) is 11.2 Å². The molecule has 0 fully saturated rings. The molecule has 1 rings (SSSR count). The van der Waals surface area contributed by atoms with Crippen LogP contribution in [0.2, 0.25) is 0 Å². The Labute approximate surface area is 106 Å². The van der Waals surface area contributed by atoms with Gasteiger partial charge in [-0.15, -0.1) is 6.42 Å². The van der Waals surface area contributed by atoms with E-state index in [0.29, 0.717) is 12.2 Å². The summed E-state index contributed by atoms with van der Waals surface area (Å²) >= 11 is 0. The second-order valence-electron chi connectivity index (χ2n) is 3.76. The molecule has 96 valence electrons. The van der Waals surface area contributed by atoms with Crippen molar-refractivity contribution in [3.63, 3.8) is 0 Å². The quantitative estimate of drug-likeness (QED) is 0.477. The Morgan fingerprint density at radius 1 is 1.61 bits per heavy atom. The van der Waals surface area contributed by atoms with Gasteiger partial charge in [0.25, 0.3) is 0 Å². The molecule has 1 atom stereocenters. The number of nitrogens with one attached hydrogen (secondary N) is 1. The largest absolute Gasteiger partial charge is 0.471 e. The molecule has 0 aliphatic heterocycles. The van der Waals surface area contributed by atoms with Gasteiger partial charge in [0.15, 0.2) is 6.10 Å². The lowest BCUT2D eigenvalue weighted by Crippen LogP contribution is -2.11. The van der Waals surface area contributed by atoms with Crippen molar-refractivity contribution in [3.05, 3.63) is 28.3 Å². The van der Waals surface area contributed by atoms with Crippen molar-refractivity contribution in [1.29, 1.82) is 0 Å². The summed E-state index contributed by atoms with van der Waals surface area (Å²) in [4.78, 5) is 10.6. The number of para-hydroxylation sites is 1. The monoisotopic (exact) mass is 248 g/mol. The van der Waals surface area contributed by atoms with E-state index in [1.807, 2.05) is 6.92 Å². The van der Waals surface area contributed by atoms with Crippen LogP contribution in [0, 0.1) is 22.5 Å². The first-order valence-electron chi connectivity index (χ1n) is 5.74. The number of nitro groups is 1. The maximum atomic E-state index is 11.1. The molecule has 5 nitrogen and oxygen atoms in total. The van der Waals surface area contributed by atoms with Crippen LogP contribution in [0.4, 0.5) is 11.4 Å². The van der Waals surface area contributed by atoms with E-state index in [-0.39, 0.29) is 11.4 Å². The van der Waals surface area contributed by atoms with Gasteiger partial charge < -0.3 is 10.1 Å². The molecule has 0 aliphatic rings. The van der Waals surface area contributed by atoms with Crippen molar-refractivity contribution in [1.82, 2.24) is 0 Å². The molecule has 0 bridgehead atoms. The van der Waals surface area contributed by atoms with Gasteiger partial charge in [-0.3, -0.25) is 10.1 Å². The third kappa shape index (κ3) is 3.39. The summed E-state index contributed by atoms with van der Waals surface area (Å²) in [5.74, 6) is 2.56. The molecule has 1 unspecified atom stereocenters. The maximum absolute atomic E-state index is 11.1. The average molecular weight is 248 g/mol. The van der Waals surface area contributed by atoms with Gasteiger partial charge in [-0.25, -0.2) is 0 Å². The first-order chi connectivity index (χ1) is 8.60. The molecule has 1 aromatic rings. The standard InChI is InChI=1S/C13H16N2O3/c1-4-9-14-11-7-6-8-12(13(11)15(16)17)18-10(3)5-2/h2,6-8,10,14H,4,9H2,1,3H3. The summed E-state index contributed by atoms with van der Waals surface area (Å²) in [5, 5.41) is 14.1. The molecular weight excluding hydrogens is 232 g/mol. The molecule has 0 amide bonds. The second kappa shape index (κ2) is 6.50. The minimum Gasteiger partial charge on any atom is -0.471 e. The van der Waals surface area contributed by atoms with Crippen molar-refractivity contribution in [2.24, 2.45) is 0 Å².